The van der Waals surface area contributed by atoms with Gasteiger partial charge in [-0.05, 0) is 54.6 Å². The lowest BCUT2D eigenvalue weighted by Gasteiger charge is -2.41. The normalized spacial score (nSPS) is 31.4. The molecule has 112 valence electrons. The molecule has 1 saturated carbocycles. The van der Waals surface area contributed by atoms with Crippen LogP contribution in [0.4, 0.5) is 8.78 Å². The largest absolute Gasteiger partial charge is 0.294 e. The van der Waals surface area contributed by atoms with E-state index in [-0.39, 0.29) is 19.0 Å². The molecule has 20 heavy (non-hydrogen) atoms. The second-order valence-corrected chi connectivity index (χ2v) is 6.96. The summed E-state index contributed by atoms with van der Waals surface area (Å²) in [5.74, 6) is -2.50. The van der Waals surface area contributed by atoms with E-state index >= 15 is 0 Å². The zero-order chi connectivity index (χ0) is 14.2. The fourth-order valence-corrected chi connectivity index (χ4v) is 3.83. The van der Waals surface area contributed by atoms with E-state index < -0.39 is 5.92 Å². The predicted octanol–water partition coefficient (Wildman–Crippen LogP) is 3.86. The Hall–Kier alpha value is -0.490. The van der Waals surface area contributed by atoms with Crippen LogP contribution >= 0.6 is 15.9 Å². The van der Waals surface area contributed by atoms with E-state index in [4.69, 9.17) is 0 Å². The number of hydrogen-bond acceptors (Lipinski definition) is 2. The molecule has 0 N–H and O–H groups in total. The minimum Gasteiger partial charge on any atom is -0.294 e. The zero-order valence-corrected chi connectivity index (χ0v) is 13.0. The van der Waals surface area contributed by atoms with Crippen LogP contribution < -0.4 is 0 Å². The van der Waals surface area contributed by atoms with Crippen molar-refractivity contribution < 1.29 is 8.78 Å². The number of aromatic nitrogens is 2. The smallest absolute Gasteiger partial charge is 0.260 e. The number of nitrogens with zero attached hydrogens (tertiary/aromatic N) is 3. The van der Waals surface area contributed by atoms with Crippen molar-refractivity contribution in [3.63, 3.8) is 0 Å². The molecule has 2 fully saturated rings. The molecule has 3 nitrogen and oxygen atoms in total. The van der Waals surface area contributed by atoms with E-state index in [2.05, 4.69) is 21.0 Å². The molecule has 1 aliphatic heterocycles. The molecular formula is C14H20BrF2N3. The molecule has 0 aromatic carbocycles. The summed E-state index contributed by atoms with van der Waals surface area (Å²) in [7, 11) is 0. The Labute approximate surface area is 126 Å². The predicted molar refractivity (Wildman–Crippen MR) is 77.0 cm³/mol. The fraction of sp³-hybridized carbons (Fsp3) is 0.786. The molecule has 0 amide bonds. The summed E-state index contributed by atoms with van der Waals surface area (Å²) in [4.78, 5) is 2.01. The summed E-state index contributed by atoms with van der Waals surface area (Å²) in [6.07, 6.45) is 8.59. The SMILES string of the molecule is FC1(F)CCCN([C@@H]2CCC[C@H](n3cc(Br)cn3)C2)C1. The van der Waals surface area contributed by atoms with Gasteiger partial charge in [-0.25, -0.2) is 8.78 Å². The molecule has 2 heterocycles. The minimum atomic E-state index is -2.50. The Bertz CT molecular complexity index is 463. The van der Waals surface area contributed by atoms with Gasteiger partial charge in [-0.1, -0.05) is 0 Å². The monoisotopic (exact) mass is 347 g/mol. The number of halogens is 3. The number of rotatable bonds is 2. The lowest BCUT2D eigenvalue weighted by molar-refractivity contribution is -0.0803. The summed E-state index contributed by atoms with van der Waals surface area (Å²) in [6.45, 7) is 0.753. The van der Waals surface area contributed by atoms with Crippen molar-refractivity contribution in [1.29, 1.82) is 0 Å². The molecule has 3 rings (SSSR count). The third kappa shape index (κ3) is 3.22. The van der Waals surface area contributed by atoms with Crippen molar-refractivity contribution in [3.05, 3.63) is 16.9 Å². The van der Waals surface area contributed by atoms with Gasteiger partial charge in [0.05, 0.1) is 23.3 Å². The van der Waals surface area contributed by atoms with Crippen LogP contribution in [0.1, 0.15) is 44.6 Å². The fourth-order valence-electron chi connectivity index (χ4n) is 3.53. The van der Waals surface area contributed by atoms with Crippen molar-refractivity contribution in [3.8, 4) is 0 Å². The number of piperidine rings is 1. The molecule has 2 atom stereocenters. The van der Waals surface area contributed by atoms with Crippen LogP contribution in [0.5, 0.6) is 0 Å². The molecule has 0 bridgehead atoms. The lowest BCUT2D eigenvalue weighted by atomic mass is 9.88. The maximum absolute atomic E-state index is 13.6. The van der Waals surface area contributed by atoms with E-state index in [9.17, 15) is 8.78 Å². The van der Waals surface area contributed by atoms with Gasteiger partial charge >= 0.3 is 0 Å². The zero-order valence-electron chi connectivity index (χ0n) is 11.4. The van der Waals surface area contributed by atoms with Gasteiger partial charge in [0.2, 0.25) is 0 Å². The van der Waals surface area contributed by atoms with Gasteiger partial charge in [0.1, 0.15) is 0 Å². The number of likely N-dealkylation sites (tertiary alicyclic amines) is 1. The van der Waals surface area contributed by atoms with Gasteiger partial charge in [0.15, 0.2) is 0 Å². The van der Waals surface area contributed by atoms with Gasteiger partial charge in [-0.2, -0.15) is 5.10 Å². The topological polar surface area (TPSA) is 21.1 Å². The minimum absolute atomic E-state index is 0.0474. The maximum Gasteiger partial charge on any atom is 0.260 e. The van der Waals surface area contributed by atoms with Crippen LogP contribution in [-0.4, -0.2) is 39.7 Å². The van der Waals surface area contributed by atoms with E-state index in [1.54, 1.807) is 6.20 Å². The van der Waals surface area contributed by atoms with E-state index in [1.807, 2.05) is 15.8 Å². The Balaban J connectivity index is 1.66. The van der Waals surface area contributed by atoms with Crippen LogP contribution in [0.3, 0.4) is 0 Å². The standard InChI is InChI=1S/C14H20BrF2N3/c15-11-8-18-20(9-11)13-4-1-3-12(7-13)19-6-2-5-14(16,17)10-19/h8-9,12-13H,1-7,10H2/t12-,13+/m1/s1. The number of alkyl halides is 2. The molecular weight excluding hydrogens is 328 g/mol. The lowest BCUT2D eigenvalue weighted by Crippen LogP contribution is -2.49. The van der Waals surface area contributed by atoms with Crippen LogP contribution in [0.15, 0.2) is 16.9 Å². The maximum atomic E-state index is 13.6. The molecule has 1 aliphatic carbocycles. The molecule has 0 radical (unpaired) electrons. The third-order valence-corrected chi connectivity index (χ3v) is 4.91. The summed E-state index contributed by atoms with van der Waals surface area (Å²) < 4.78 is 30.1. The molecule has 2 aliphatic rings. The first kappa shape index (κ1) is 14.4. The summed E-state index contributed by atoms with van der Waals surface area (Å²) in [5.41, 5.74) is 0. The van der Waals surface area contributed by atoms with Gasteiger partial charge < -0.3 is 0 Å². The first-order valence-corrected chi connectivity index (χ1v) is 8.14. The van der Waals surface area contributed by atoms with E-state index in [0.717, 1.165) is 36.7 Å². The second-order valence-electron chi connectivity index (χ2n) is 6.04. The van der Waals surface area contributed by atoms with Crippen LogP contribution in [0.2, 0.25) is 0 Å². The van der Waals surface area contributed by atoms with Crippen LogP contribution in [-0.2, 0) is 0 Å². The molecule has 0 unspecified atom stereocenters. The average Bonchev–Trinajstić information content (AvgIpc) is 2.85. The molecule has 0 spiro atoms. The quantitative estimate of drug-likeness (QED) is 0.809. The Morgan fingerprint density at radius 2 is 2.05 bits per heavy atom. The Kier molecular flexibility index (Phi) is 4.13. The highest BCUT2D eigenvalue weighted by Crippen LogP contribution is 2.35. The van der Waals surface area contributed by atoms with Gasteiger partial charge in [0, 0.05) is 18.7 Å². The highest BCUT2D eigenvalue weighted by atomic mass is 79.9. The van der Waals surface area contributed by atoms with Crippen molar-refractivity contribution >= 4 is 15.9 Å². The van der Waals surface area contributed by atoms with E-state index in [1.165, 1.54) is 0 Å². The van der Waals surface area contributed by atoms with Crippen molar-refractivity contribution in [1.82, 2.24) is 14.7 Å². The van der Waals surface area contributed by atoms with Crippen LogP contribution in [0, 0.1) is 0 Å². The summed E-state index contributed by atoms with van der Waals surface area (Å²) >= 11 is 3.41. The second kappa shape index (κ2) is 5.72. The number of hydrogen-bond donors (Lipinski definition) is 0. The Morgan fingerprint density at radius 1 is 1.25 bits per heavy atom. The highest BCUT2D eigenvalue weighted by molar-refractivity contribution is 9.10. The summed E-state index contributed by atoms with van der Waals surface area (Å²) in [6, 6.07) is 0.624. The highest BCUT2D eigenvalue weighted by Gasteiger charge is 2.39. The average molecular weight is 348 g/mol. The molecule has 1 aromatic heterocycles. The Morgan fingerprint density at radius 3 is 2.75 bits per heavy atom. The van der Waals surface area contributed by atoms with E-state index in [0.29, 0.717) is 12.5 Å². The van der Waals surface area contributed by atoms with Crippen LogP contribution in [0.25, 0.3) is 0 Å². The van der Waals surface area contributed by atoms with Gasteiger partial charge in [0.25, 0.3) is 5.92 Å². The van der Waals surface area contributed by atoms with Gasteiger partial charge in [-0.3, -0.25) is 9.58 Å². The van der Waals surface area contributed by atoms with Crippen molar-refractivity contribution in [2.75, 3.05) is 13.1 Å². The van der Waals surface area contributed by atoms with Crippen molar-refractivity contribution in [2.24, 2.45) is 0 Å². The van der Waals surface area contributed by atoms with Crippen molar-refractivity contribution in [2.45, 2.75) is 56.5 Å². The molecule has 1 saturated heterocycles. The molecule has 6 heteroatoms. The molecule has 1 aromatic rings. The van der Waals surface area contributed by atoms with Gasteiger partial charge in [-0.15, -0.1) is 0 Å². The summed E-state index contributed by atoms with van der Waals surface area (Å²) in [5, 5.41) is 4.35. The third-order valence-electron chi connectivity index (χ3n) is 4.50. The first-order chi connectivity index (χ1) is 9.53. The first-order valence-electron chi connectivity index (χ1n) is 7.35.